The fourth-order valence-electron chi connectivity index (χ4n) is 2.83. The van der Waals surface area contributed by atoms with Gasteiger partial charge in [-0.05, 0) is 38.5 Å². The maximum Gasteiger partial charge on any atom is 0.317 e. The zero-order chi connectivity index (χ0) is 17.3. The number of hydrogen-bond acceptors (Lipinski definition) is 3. The number of nitrogens with one attached hydrogen (secondary N) is 2. The molecule has 6 nitrogen and oxygen atoms in total. The SMILES string of the molecule is Cc1ccc2nc(COC3CN(C(=O)NC(C)C)CC3F)[nH]c2c1. The Bertz CT molecular complexity index is 730. The molecule has 2 atom stereocenters. The monoisotopic (exact) mass is 334 g/mol. The molecule has 130 valence electrons. The predicted octanol–water partition coefficient (Wildman–Crippen LogP) is 2.53. The van der Waals surface area contributed by atoms with Gasteiger partial charge in [-0.2, -0.15) is 0 Å². The molecular formula is C17H23FN4O2. The Kier molecular flexibility index (Phi) is 4.71. The summed E-state index contributed by atoms with van der Waals surface area (Å²) in [7, 11) is 0. The van der Waals surface area contributed by atoms with Crippen LogP contribution in [0.4, 0.5) is 9.18 Å². The maximum absolute atomic E-state index is 14.1. The summed E-state index contributed by atoms with van der Waals surface area (Å²) in [4.78, 5) is 21.0. The van der Waals surface area contributed by atoms with E-state index in [1.54, 1.807) is 0 Å². The number of imidazole rings is 1. The average molecular weight is 334 g/mol. The van der Waals surface area contributed by atoms with Gasteiger partial charge >= 0.3 is 6.03 Å². The summed E-state index contributed by atoms with van der Waals surface area (Å²) in [5.74, 6) is 0.660. The van der Waals surface area contributed by atoms with E-state index < -0.39 is 12.3 Å². The van der Waals surface area contributed by atoms with Crippen molar-refractivity contribution in [3.8, 4) is 0 Å². The Morgan fingerprint density at radius 1 is 1.50 bits per heavy atom. The largest absolute Gasteiger partial charge is 0.365 e. The van der Waals surface area contributed by atoms with E-state index in [4.69, 9.17) is 4.74 Å². The summed E-state index contributed by atoms with van der Waals surface area (Å²) in [6, 6.07) is 5.72. The van der Waals surface area contributed by atoms with Gasteiger partial charge in [0.2, 0.25) is 0 Å². The number of carbonyl (C=O) groups excluding carboxylic acids is 1. The minimum Gasteiger partial charge on any atom is -0.365 e. The van der Waals surface area contributed by atoms with Gasteiger partial charge in [0.1, 0.15) is 24.7 Å². The summed E-state index contributed by atoms with van der Waals surface area (Å²) in [5.41, 5.74) is 2.94. The minimum atomic E-state index is -1.19. The van der Waals surface area contributed by atoms with Crippen molar-refractivity contribution in [2.45, 2.75) is 45.7 Å². The minimum absolute atomic E-state index is 0.0227. The second-order valence-corrected chi connectivity index (χ2v) is 6.58. The van der Waals surface area contributed by atoms with Crippen LogP contribution < -0.4 is 5.32 Å². The second kappa shape index (κ2) is 6.76. The molecule has 0 radical (unpaired) electrons. The fourth-order valence-corrected chi connectivity index (χ4v) is 2.83. The summed E-state index contributed by atoms with van der Waals surface area (Å²) in [5, 5.41) is 2.77. The van der Waals surface area contributed by atoms with Gasteiger partial charge in [0, 0.05) is 6.04 Å². The summed E-state index contributed by atoms with van der Waals surface area (Å²) in [6.07, 6.45) is -1.81. The highest BCUT2D eigenvalue weighted by atomic mass is 19.1. The number of carbonyl (C=O) groups is 1. The zero-order valence-corrected chi connectivity index (χ0v) is 14.2. The number of halogens is 1. The molecule has 24 heavy (non-hydrogen) atoms. The van der Waals surface area contributed by atoms with Crippen LogP contribution in [0.15, 0.2) is 18.2 Å². The number of H-pyrrole nitrogens is 1. The van der Waals surface area contributed by atoms with Crippen molar-refractivity contribution in [2.24, 2.45) is 0 Å². The second-order valence-electron chi connectivity index (χ2n) is 6.58. The Hall–Kier alpha value is -2.15. The first-order valence-electron chi connectivity index (χ1n) is 8.18. The molecule has 1 aromatic carbocycles. The number of nitrogens with zero attached hydrogens (tertiary/aromatic N) is 2. The van der Waals surface area contributed by atoms with Crippen LogP contribution in [0, 0.1) is 6.92 Å². The number of ether oxygens (including phenoxy) is 1. The first-order valence-corrected chi connectivity index (χ1v) is 8.18. The van der Waals surface area contributed by atoms with Crippen molar-refractivity contribution in [3.63, 3.8) is 0 Å². The van der Waals surface area contributed by atoms with E-state index in [0.29, 0.717) is 5.82 Å². The van der Waals surface area contributed by atoms with Crippen LogP contribution in [0.5, 0.6) is 0 Å². The zero-order valence-electron chi connectivity index (χ0n) is 14.2. The molecule has 0 aliphatic carbocycles. The molecule has 2 N–H and O–H groups in total. The third-order valence-electron chi connectivity index (χ3n) is 4.02. The number of rotatable bonds is 4. The number of aromatic amines is 1. The van der Waals surface area contributed by atoms with Gasteiger partial charge in [-0.25, -0.2) is 14.2 Å². The number of hydrogen-bond donors (Lipinski definition) is 2. The third kappa shape index (κ3) is 3.67. The first-order chi connectivity index (χ1) is 11.4. The molecule has 2 heterocycles. The van der Waals surface area contributed by atoms with Crippen LogP contribution in [0.1, 0.15) is 25.2 Å². The van der Waals surface area contributed by atoms with Crippen LogP contribution in [-0.4, -0.2) is 52.3 Å². The fraction of sp³-hybridized carbons (Fsp3) is 0.529. The molecule has 7 heteroatoms. The van der Waals surface area contributed by atoms with Gasteiger partial charge in [0.25, 0.3) is 0 Å². The Morgan fingerprint density at radius 2 is 2.29 bits per heavy atom. The lowest BCUT2D eigenvalue weighted by molar-refractivity contribution is 0.00950. The van der Waals surface area contributed by atoms with Crippen molar-refractivity contribution >= 4 is 17.1 Å². The van der Waals surface area contributed by atoms with Gasteiger partial charge in [0.15, 0.2) is 0 Å². The molecule has 1 aliphatic heterocycles. The first kappa shape index (κ1) is 16.7. The van der Waals surface area contributed by atoms with Crippen molar-refractivity contribution in [2.75, 3.05) is 13.1 Å². The summed E-state index contributed by atoms with van der Waals surface area (Å²) in [6.45, 7) is 6.26. The van der Waals surface area contributed by atoms with E-state index in [1.807, 2.05) is 39.0 Å². The molecule has 3 rings (SSSR count). The molecule has 2 aromatic rings. The number of fused-ring (bicyclic) bond motifs is 1. The number of alkyl halides is 1. The smallest absolute Gasteiger partial charge is 0.317 e. The van der Waals surface area contributed by atoms with E-state index in [-0.39, 0.29) is 31.8 Å². The molecule has 1 saturated heterocycles. The summed E-state index contributed by atoms with van der Waals surface area (Å²) < 4.78 is 19.8. The molecule has 1 fully saturated rings. The van der Waals surface area contributed by atoms with Crippen LogP contribution in [0.2, 0.25) is 0 Å². The molecule has 1 aromatic heterocycles. The number of aromatic nitrogens is 2. The highest BCUT2D eigenvalue weighted by molar-refractivity contribution is 5.76. The lowest BCUT2D eigenvalue weighted by Gasteiger charge is -2.18. The van der Waals surface area contributed by atoms with Gasteiger partial charge < -0.3 is 19.9 Å². The Morgan fingerprint density at radius 3 is 3.04 bits per heavy atom. The van der Waals surface area contributed by atoms with Crippen LogP contribution in [-0.2, 0) is 11.3 Å². The standard InChI is InChI=1S/C17H23FN4O2/c1-10(2)19-17(23)22-7-12(18)15(8-22)24-9-16-20-13-5-4-11(3)6-14(13)21-16/h4-6,10,12,15H,7-9H2,1-3H3,(H,19,23)(H,20,21). The van der Waals surface area contributed by atoms with Crippen molar-refractivity contribution in [1.82, 2.24) is 20.2 Å². The molecule has 2 amide bonds. The molecule has 1 aliphatic rings. The highest BCUT2D eigenvalue weighted by Gasteiger charge is 2.36. The maximum atomic E-state index is 14.1. The molecule has 0 saturated carbocycles. The van der Waals surface area contributed by atoms with E-state index >= 15 is 0 Å². The number of urea groups is 1. The van der Waals surface area contributed by atoms with Gasteiger partial charge in [0.05, 0.1) is 24.1 Å². The van der Waals surface area contributed by atoms with E-state index in [0.717, 1.165) is 16.6 Å². The van der Waals surface area contributed by atoms with E-state index in [1.165, 1.54) is 4.90 Å². The number of amides is 2. The van der Waals surface area contributed by atoms with Gasteiger partial charge in [-0.1, -0.05) is 6.07 Å². The number of aryl methyl sites for hydroxylation is 1. The highest BCUT2D eigenvalue weighted by Crippen LogP contribution is 2.19. The van der Waals surface area contributed by atoms with Crippen molar-refractivity contribution in [3.05, 3.63) is 29.6 Å². The Labute approximate surface area is 140 Å². The normalized spacial score (nSPS) is 21.0. The van der Waals surface area contributed by atoms with Crippen LogP contribution in [0.25, 0.3) is 11.0 Å². The predicted molar refractivity (Wildman–Crippen MR) is 89.5 cm³/mol. The van der Waals surface area contributed by atoms with Gasteiger partial charge in [-0.15, -0.1) is 0 Å². The quantitative estimate of drug-likeness (QED) is 0.903. The van der Waals surface area contributed by atoms with Crippen molar-refractivity contribution in [1.29, 1.82) is 0 Å². The lowest BCUT2D eigenvalue weighted by Crippen LogP contribution is -2.42. The third-order valence-corrected chi connectivity index (χ3v) is 4.02. The number of benzene rings is 1. The van der Waals surface area contributed by atoms with E-state index in [2.05, 4.69) is 15.3 Å². The van der Waals surface area contributed by atoms with E-state index in [9.17, 15) is 9.18 Å². The molecule has 2 unspecified atom stereocenters. The molecule has 0 bridgehead atoms. The van der Waals surface area contributed by atoms with Crippen molar-refractivity contribution < 1.29 is 13.9 Å². The average Bonchev–Trinajstić information content (AvgIpc) is 3.07. The summed E-state index contributed by atoms with van der Waals surface area (Å²) >= 11 is 0. The molecule has 0 spiro atoms. The Balaban J connectivity index is 1.58. The molecular weight excluding hydrogens is 311 g/mol. The van der Waals surface area contributed by atoms with Crippen LogP contribution in [0.3, 0.4) is 0 Å². The lowest BCUT2D eigenvalue weighted by atomic mass is 10.2. The topological polar surface area (TPSA) is 70.2 Å². The number of likely N-dealkylation sites (tertiary alicyclic amines) is 1. The van der Waals surface area contributed by atoms with Gasteiger partial charge in [-0.3, -0.25) is 0 Å². The van der Waals surface area contributed by atoms with Crippen LogP contribution >= 0.6 is 0 Å².